The van der Waals surface area contributed by atoms with Gasteiger partial charge in [0, 0.05) is 5.56 Å². The Morgan fingerprint density at radius 1 is 1.50 bits per heavy atom. The molecule has 0 aliphatic rings. The summed E-state index contributed by atoms with van der Waals surface area (Å²) in [4.78, 5) is 15.0. The van der Waals surface area contributed by atoms with Gasteiger partial charge in [-0.2, -0.15) is 0 Å². The fourth-order valence-corrected chi connectivity index (χ4v) is 1.61. The molecule has 0 amide bonds. The Morgan fingerprint density at radius 2 is 2.31 bits per heavy atom. The van der Waals surface area contributed by atoms with Crippen molar-refractivity contribution >= 4 is 5.97 Å². The molecular weight excluding hydrogens is 206 g/mol. The molecule has 2 rings (SSSR count). The molecule has 0 spiro atoms. The zero-order valence-electron chi connectivity index (χ0n) is 8.80. The lowest BCUT2D eigenvalue weighted by Crippen LogP contribution is -2.01. The third kappa shape index (κ3) is 1.82. The van der Waals surface area contributed by atoms with Crippen LogP contribution in [0.4, 0.5) is 0 Å². The molecule has 4 heteroatoms. The average molecular weight is 217 g/mol. The van der Waals surface area contributed by atoms with Gasteiger partial charge in [-0.05, 0) is 24.1 Å². The highest BCUT2D eigenvalue weighted by Crippen LogP contribution is 2.21. The van der Waals surface area contributed by atoms with E-state index in [0.29, 0.717) is 17.7 Å². The van der Waals surface area contributed by atoms with E-state index in [1.54, 1.807) is 12.1 Å². The number of carboxylic acid groups (broad SMARTS) is 1. The number of aryl methyl sites for hydroxylation is 1. The highest BCUT2D eigenvalue weighted by molar-refractivity contribution is 5.90. The Balaban J connectivity index is 2.49. The molecule has 0 radical (unpaired) electrons. The normalized spacial score (nSPS) is 10.3. The van der Waals surface area contributed by atoms with Gasteiger partial charge in [-0.15, -0.1) is 0 Å². The van der Waals surface area contributed by atoms with E-state index >= 15 is 0 Å². The van der Waals surface area contributed by atoms with Gasteiger partial charge < -0.3 is 9.52 Å². The van der Waals surface area contributed by atoms with E-state index in [1.165, 1.54) is 12.7 Å². The molecule has 0 aliphatic carbocycles. The third-order valence-corrected chi connectivity index (χ3v) is 2.44. The van der Waals surface area contributed by atoms with Crippen LogP contribution in [0.25, 0.3) is 11.3 Å². The van der Waals surface area contributed by atoms with Gasteiger partial charge in [0.2, 0.25) is 0 Å². The number of hydrogen-bond donors (Lipinski definition) is 1. The van der Waals surface area contributed by atoms with Crippen molar-refractivity contribution in [3.8, 4) is 11.3 Å². The lowest BCUT2D eigenvalue weighted by molar-refractivity contribution is 0.0696. The van der Waals surface area contributed by atoms with E-state index in [0.717, 1.165) is 11.1 Å². The van der Waals surface area contributed by atoms with Crippen molar-refractivity contribution in [3.63, 3.8) is 0 Å². The summed E-state index contributed by atoms with van der Waals surface area (Å²) in [5.41, 5.74) is 2.73. The van der Waals surface area contributed by atoms with Gasteiger partial charge in [-0.3, -0.25) is 0 Å². The lowest BCUT2D eigenvalue weighted by Gasteiger charge is -2.05. The molecule has 1 aromatic heterocycles. The van der Waals surface area contributed by atoms with Crippen LogP contribution in [0.3, 0.4) is 0 Å². The fourth-order valence-electron chi connectivity index (χ4n) is 1.61. The predicted octanol–water partition coefficient (Wildman–Crippen LogP) is 2.60. The Kier molecular flexibility index (Phi) is 2.72. The number of carboxylic acids is 1. The molecule has 0 fully saturated rings. The second-order valence-corrected chi connectivity index (χ2v) is 3.40. The summed E-state index contributed by atoms with van der Waals surface area (Å²) < 4.78 is 4.89. The predicted molar refractivity (Wildman–Crippen MR) is 58.3 cm³/mol. The zero-order chi connectivity index (χ0) is 11.5. The number of carbonyl (C=O) groups is 1. The molecule has 16 heavy (non-hydrogen) atoms. The van der Waals surface area contributed by atoms with Crippen molar-refractivity contribution in [2.24, 2.45) is 0 Å². The van der Waals surface area contributed by atoms with Crippen molar-refractivity contribution in [2.45, 2.75) is 13.3 Å². The van der Waals surface area contributed by atoms with Gasteiger partial charge in [0.1, 0.15) is 12.0 Å². The number of aromatic nitrogens is 1. The molecule has 2 aromatic rings. The molecule has 0 atom stereocenters. The molecule has 4 nitrogen and oxygen atoms in total. The zero-order valence-corrected chi connectivity index (χ0v) is 8.80. The Bertz CT molecular complexity index is 503. The minimum absolute atomic E-state index is 0.342. The molecule has 0 saturated heterocycles. The number of aromatic carboxylic acids is 1. The van der Waals surface area contributed by atoms with Crippen LogP contribution in [0, 0.1) is 0 Å². The molecule has 0 saturated carbocycles. The second-order valence-electron chi connectivity index (χ2n) is 3.40. The molecule has 1 aromatic carbocycles. The maximum Gasteiger partial charge on any atom is 0.335 e. The van der Waals surface area contributed by atoms with Gasteiger partial charge >= 0.3 is 5.97 Å². The number of oxazole rings is 1. The van der Waals surface area contributed by atoms with Crippen LogP contribution in [0.5, 0.6) is 0 Å². The van der Waals surface area contributed by atoms with Crippen LogP contribution >= 0.6 is 0 Å². The maximum absolute atomic E-state index is 10.9. The second kappa shape index (κ2) is 4.18. The topological polar surface area (TPSA) is 63.3 Å². The Hall–Kier alpha value is -2.10. The summed E-state index contributed by atoms with van der Waals surface area (Å²) >= 11 is 0. The van der Waals surface area contributed by atoms with E-state index in [1.807, 2.05) is 13.0 Å². The minimum Gasteiger partial charge on any atom is -0.478 e. The van der Waals surface area contributed by atoms with Gasteiger partial charge in [0.25, 0.3) is 0 Å². The van der Waals surface area contributed by atoms with Crippen LogP contribution in [-0.2, 0) is 6.42 Å². The summed E-state index contributed by atoms with van der Waals surface area (Å²) in [6.07, 6.45) is 3.56. The first-order valence-corrected chi connectivity index (χ1v) is 4.97. The molecule has 1 N–H and O–H groups in total. The third-order valence-electron chi connectivity index (χ3n) is 2.44. The first-order valence-electron chi connectivity index (χ1n) is 4.97. The van der Waals surface area contributed by atoms with Crippen LogP contribution in [-0.4, -0.2) is 16.1 Å². The Labute approximate surface area is 92.6 Å². The Morgan fingerprint density at radius 3 is 2.88 bits per heavy atom. The van der Waals surface area contributed by atoms with E-state index in [9.17, 15) is 4.79 Å². The van der Waals surface area contributed by atoms with E-state index in [4.69, 9.17) is 9.52 Å². The maximum atomic E-state index is 10.9. The van der Waals surface area contributed by atoms with Crippen LogP contribution in [0.1, 0.15) is 22.8 Å². The fraction of sp³-hybridized carbons (Fsp3) is 0.167. The minimum atomic E-state index is -0.899. The van der Waals surface area contributed by atoms with E-state index in [-0.39, 0.29) is 0 Å². The van der Waals surface area contributed by atoms with Crippen molar-refractivity contribution in [3.05, 3.63) is 42.0 Å². The average Bonchev–Trinajstić information content (AvgIpc) is 2.81. The van der Waals surface area contributed by atoms with Gasteiger partial charge in [-0.25, -0.2) is 9.78 Å². The highest BCUT2D eigenvalue weighted by Gasteiger charge is 2.10. The summed E-state index contributed by atoms with van der Waals surface area (Å²) in [5.74, 6) is -0.899. The van der Waals surface area contributed by atoms with E-state index < -0.39 is 5.97 Å². The molecule has 0 aliphatic heterocycles. The SMILES string of the molecule is CCc1cc(-c2cocn2)ccc1C(=O)O. The molecule has 1 heterocycles. The molecule has 0 unspecified atom stereocenters. The van der Waals surface area contributed by atoms with Crippen molar-refractivity contribution in [2.75, 3.05) is 0 Å². The number of nitrogens with zero attached hydrogens (tertiary/aromatic N) is 1. The number of rotatable bonds is 3. The van der Waals surface area contributed by atoms with Gasteiger partial charge in [-0.1, -0.05) is 13.0 Å². The van der Waals surface area contributed by atoms with Gasteiger partial charge in [0.05, 0.1) is 5.56 Å². The van der Waals surface area contributed by atoms with Crippen LogP contribution in [0.2, 0.25) is 0 Å². The summed E-state index contributed by atoms with van der Waals surface area (Å²) in [7, 11) is 0. The van der Waals surface area contributed by atoms with E-state index in [2.05, 4.69) is 4.98 Å². The summed E-state index contributed by atoms with van der Waals surface area (Å²) in [6.45, 7) is 1.92. The molecule has 82 valence electrons. The largest absolute Gasteiger partial charge is 0.478 e. The summed E-state index contributed by atoms with van der Waals surface area (Å²) in [5, 5.41) is 8.98. The van der Waals surface area contributed by atoms with Crippen molar-refractivity contribution in [1.29, 1.82) is 0 Å². The molecule has 0 bridgehead atoms. The van der Waals surface area contributed by atoms with Crippen molar-refractivity contribution in [1.82, 2.24) is 4.98 Å². The van der Waals surface area contributed by atoms with Crippen LogP contribution in [0.15, 0.2) is 35.3 Å². The highest BCUT2D eigenvalue weighted by atomic mass is 16.4. The smallest absolute Gasteiger partial charge is 0.335 e. The molecular formula is C12H11NO3. The summed E-state index contributed by atoms with van der Waals surface area (Å²) in [6, 6.07) is 5.17. The monoisotopic (exact) mass is 217 g/mol. The quantitative estimate of drug-likeness (QED) is 0.858. The standard InChI is InChI=1S/C12H11NO3/c1-2-8-5-9(11-6-16-7-13-11)3-4-10(8)12(14)15/h3-7H,2H2,1H3,(H,14,15). The number of benzene rings is 1. The lowest BCUT2D eigenvalue weighted by atomic mass is 10.0. The van der Waals surface area contributed by atoms with Gasteiger partial charge in [0.15, 0.2) is 6.39 Å². The first kappa shape index (κ1) is 10.4. The number of hydrogen-bond acceptors (Lipinski definition) is 3. The van der Waals surface area contributed by atoms with Crippen LogP contribution < -0.4 is 0 Å². The first-order chi connectivity index (χ1) is 7.72. The van der Waals surface area contributed by atoms with Crippen molar-refractivity contribution < 1.29 is 14.3 Å².